The van der Waals surface area contributed by atoms with Crippen LogP contribution in [-0.4, -0.2) is 12.0 Å². The van der Waals surface area contributed by atoms with Crippen molar-refractivity contribution in [3.8, 4) is 0 Å². The van der Waals surface area contributed by atoms with E-state index in [2.05, 4.69) is 41.9 Å². The number of pyridine rings is 1. The number of benzene rings is 1. The van der Waals surface area contributed by atoms with Crippen LogP contribution >= 0.6 is 0 Å². The van der Waals surface area contributed by atoms with Gasteiger partial charge in [0.25, 0.3) is 0 Å². The van der Waals surface area contributed by atoms with Crippen LogP contribution in [0.3, 0.4) is 0 Å². The van der Waals surface area contributed by atoms with Crippen LogP contribution in [0, 0.1) is 13.8 Å². The maximum Gasteiger partial charge on any atom is 0.0738 e. The van der Waals surface area contributed by atoms with Crippen molar-refractivity contribution in [1.82, 2.24) is 4.98 Å². The van der Waals surface area contributed by atoms with Crippen molar-refractivity contribution in [2.75, 3.05) is 17.7 Å². The molecule has 0 unspecified atom stereocenters. The molecule has 0 aliphatic carbocycles. The molecule has 3 nitrogen and oxygen atoms in total. The maximum atomic E-state index is 5.92. The van der Waals surface area contributed by atoms with Crippen LogP contribution in [0.1, 0.15) is 16.7 Å². The third kappa shape index (κ3) is 2.62. The Hall–Kier alpha value is -2.03. The number of aromatic nitrogens is 1. The molecule has 1 aromatic carbocycles. The third-order valence-electron chi connectivity index (χ3n) is 3.23. The van der Waals surface area contributed by atoms with E-state index in [1.807, 2.05) is 13.1 Å². The van der Waals surface area contributed by atoms with Gasteiger partial charge < -0.3 is 10.6 Å². The summed E-state index contributed by atoms with van der Waals surface area (Å²) in [6, 6.07) is 8.49. The molecule has 2 rings (SSSR count). The molecule has 0 atom stereocenters. The van der Waals surface area contributed by atoms with Gasteiger partial charge in [-0.05, 0) is 36.6 Å². The summed E-state index contributed by atoms with van der Waals surface area (Å²) in [5.41, 5.74) is 11.6. The first-order valence-electron chi connectivity index (χ1n) is 6.04. The van der Waals surface area contributed by atoms with Crippen LogP contribution in [0.15, 0.2) is 36.7 Å². The fourth-order valence-corrected chi connectivity index (χ4v) is 2.01. The molecular formula is C15H19N3. The second-order valence-electron chi connectivity index (χ2n) is 4.71. The first kappa shape index (κ1) is 12.4. The average molecular weight is 241 g/mol. The molecule has 0 fully saturated rings. The molecule has 18 heavy (non-hydrogen) atoms. The van der Waals surface area contributed by atoms with E-state index in [1.54, 1.807) is 12.4 Å². The first-order chi connectivity index (χ1) is 8.58. The Bertz CT molecular complexity index is 549. The number of hydrogen-bond donors (Lipinski definition) is 1. The van der Waals surface area contributed by atoms with Crippen LogP contribution in [-0.2, 0) is 6.54 Å². The van der Waals surface area contributed by atoms with E-state index in [0.717, 1.165) is 12.2 Å². The minimum atomic E-state index is 0.712. The number of rotatable bonds is 3. The van der Waals surface area contributed by atoms with Crippen LogP contribution < -0.4 is 10.6 Å². The van der Waals surface area contributed by atoms with E-state index < -0.39 is 0 Å². The van der Waals surface area contributed by atoms with Gasteiger partial charge in [0.1, 0.15) is 0 Å². The summed E-state index contributed by atoms with van der Waals surface area (Å²) in [6.45, 7) is 5.11. The Morgan fingerprint density at radius 1 is 1.17 bits per heavy atom. The summed E-state index contributed by atoms with van der Waals surface area (Å²) < 4.78 is 0. The van der Waals surface area contributed by atoms with Gasteiger partial charge in [0.15, 0.2) is 0 Å². The Kier molecular flexibility index (Phi) is 3.51. The SMILES string of the molecule is Cc1ccc(CN(C)c2ccncc2N)cc1C. The van der Waals surface area contributed by atoms with Gasteiger partial charge in [-0.2, -0.15) is 0 Å². The zero-order valence-corrected chi connectivity index (χ0v) is 11.1. The second kappa shape index (κ2) is 5.08. The van der Waals surface area contributed by atoms with Crippen molar-refractivity contribution in [2.24, 2.45) is 0 Å². The van der Waals surface area contributed by atoms with Gasteiger partial charge in [0, 0.05) is 19.8 Å². The van der Waals surface area contributed by atoms with Gasteiger partial charge in [-0.3, -0.25) is 4.98 Å². The second-order valence-corrected chi connectivity index (χ2v) is 4.71. The lowest BCUT2D eigenvalue weighted by Gasteiger charge is -2.21. The predicted molar refractivity (Wildman–Crippen MR) is 76.7 cm³/mol. The van der Waals surface area contributed by atoms with E-state index in [-0.39, 0.29) is 0 Å². The standard InChI is InChI=1S/C15H19N3/c1-11-4-5-13(8-12(11)2)10-18(3)15-6-7-17-9-14(15)16/h4-9H,10,16H2,1-3H3. The normalized spacial score (nSPS) is 10.4. The van der Waals surface area contributed by atoms with E-state index in [9.17, 15) is 0 Å². The molecule has 0 bridgehead atoms. The quantitative estimate of drug-likeness (QED) is 0.898. The molecule has 0 saturated heterocycles. The Balaban J connectivity index is 2.19. The predicted octanol–water partition coefficient (Wildman–Crippen LogP) is 2.92. The van der Waals surface area contributed by atoms with Crippen molar-refractivity contribution in [3.05, 3.63) is 53.3 Å². The third-order valence-corrected chi connectivity index (χ3v) is 3.23. The van der Waals surface area contributed by atoms with E-state index in [4.69, 9.17) is 5.73 Å². The summed E-state index contributed by atoms with van der Waals surface area (Å²) in [7, 11) is 2.04. The minimum Gasteiger partial charge on any atom is -0.396 e. The zero-order valence-electron chi connectivity index (χ0n) is 11.1. The molecule has 0 saturated carbocycles. The number of nitrogens with two attached hydrogens (primary N) is 1. The first-order valence-corrected chi connectivity index (χ1v) is 6.04. The summed E-state index contributed by atoms with van der Waals surface area (Å²) in [5.74, 6) is 0. The number of nitrogen functional groups attached to an aromatic ring is 1. The van der Waals surface area contributed by atoms with Crippen LogP contribution in [0.5, 0.6) is 0 Å². The fourth-order valence-electron chi connectivity index (χ4n) is 2.01. The summed E-state index contributed by atoms with van der Waals surface area (Å²) >= 11 is 0. The number of nitrogens with zero attached hydrogens (tertiary/aromatic N) is 2. The summed E-state index contributed by atoms with van der Waals surface area (Å²) in [6.07, 6.45) is 3.45. The van der Waals surface area contributed by atoms with Gasteiger partial charge in [-0.1, -0.05) is 18.2 Å². The smallest absolute Gasteiger partial charge is 0.0738 e. The molecule has 2 N–H and O–H groups in total. The molecule has 0 aliphatic heterocycles. The zero-order chi connectivity index (χ0) is 13.1. The largest absolute Gasteiger partial charge is 0.396 e. The lowest BCUT2D eigenvalue weighted by atomic mass is 10.1. The van der Waals surface area contributed by atoms with Gasteiger partial charge in [0.05, 0.1) is 17.6 Å². The highest BCUT2D eigenvalue weighted by molar-refractivity contribution is 5.65. The molecule has 2 aromatic rings. The molecule has 0 amide bonds. The van der Waals surface area contributed by atoms with Crippen molar-refractivity contribution in [2.45, 2.75) is 20.4 Å². The van der Waals surface area contributed by atoms with Crippen LogP contribution in [0.25, 0.3) is 0 Å². The molecular weight excluding hydrogens is 222 g/mol. The Morgan fingerprint density at radius 2 is 1.94 bits per heavy atom. The number of hydrogen-bond acceptors (Lipinski definition) is 3. The van der Waals surface area contributed by atoms with E-state index >= 15 is 0 Å². The molecule has 3 heteroatoms. The number of aryl methyl sites for hydroxylation is 2. The van der Waals surface area contributed by atoms with Gasteiger partial charge >= 0.3 is 0 Å². The van der Waals surface area contributed by atoms with Crippen molar-refractivity contribution in [3.63, 3.8) is 0 Å². The summed E-state index contributed by atoms with van der Waals surface area (Å²) in [5, 5.41) is 0. The number of anilines is 2. The lowest BCUT2D eigenvalue weighted by molar-refractivity contribution is 0.920. The van der Waals surface area contributed by atoms with E-state index in [0.29, 0.717) is 5.69 Å². The highest BCUT2D eigenvalue weighted by Crippen LogP contribution is 2.22. The topological polar surface area (TPSA) is 42.2 Å². The molecule has 1 heterocycles. The Morgan fingerprint density at radius 3 is 2.61 bits per heavy atom. The highest BCUT2D eigenvalue weighted by Gasteiger charge is 2.06. The van der Waals surface area contributed by atoms with Crippen molar-refractivity contribution in [1.29, 1.82) is 0 Å². The van der Waals surface area contributed by atoms with Crippen molar-refractivity contribution >= 4 is 11.4 Å². The van der Waals surface area contributed by atoms with Crippen LogP contribution in [0.4, 0.5) is 11.4 Å². The average Bonchev–Trinajstić information content (AvgIpc) is 2.34. The highest BCUT2D eigenvalue weighted by atomic mass is 15.1. The minimum absolute atomic E-state index is 0.712. The molecule has 0 spiro atoms. The lowest BCUT2D eigenvalue weighted by Crippen LogP contribution is -2.18. The maximum absolute atomic E-state index is 5.92. The molecule has 0 radical (unpaired) electrons. The van der Waals surface area contributed by atoms with Gasteiger partial charge in [0.2, 0.25) is 0 Å². The molecule has 0 aliphatic rings. The molecule has 1 aromatic heterocycles. The Labute approximate surface area is 108 Å². The van der Waals surface area contributed by atoms with Gasteiger partial charge in [-0.25, -0.2) is 0 Å². The molecule has 94 valence electrons. The summed E-state index contributed by atoms with van der Waals surface area (Å²) in [4.78, 5) is 6.15. The van der Waals surface area contributed by atoms with Crippen molar-refractivity contribution < 1.29 is 0 Å². The monoisotopic (exact) mass is 241 g/mol. The fraction of sp³-hybridized carbons (Fsp3) is 0.267. The van der Waals surface area contributed by atoms with Gasteiger partial charge in [-0.15, -0.1) is 0 Å². The van der Waals surface area contributed by atoms with Crippen LogP contribution in [0.2, 0.25) is 0 Å². The van der Waals surface area contributed by atoms with E-state index in [1.165, 1.54) is 16.7 Å².